The fourth-order valence-corrected chi connectivity index (χ4v) is 2.19. The van der Waals surface area contributed by atoms with Crippen molar-refractivity contribution in [3.8, 4) is 5.75 Å². The van der Waals surface area contributed by atoms with E-state index in [0.29, 0.717) is 12.3 Å². The van der Waals surface area contributed by atoms with Gasteiger partial charge in [0.1, 0.15) is 5.75 Å². The van der Waals surface area contributed by atoms with Crippen molar-refractivity contribution in [2.24, 2.45) is 0 Å². The maximum Gasteiger partial charge on any atom is 0.343 e. The third-order valence-electron chi connectivity index (χ3n) is 2.88. The summed E-state index contributed by atoms with van der Waals surface area (Å²) in [5, 5.41) is 0. The van der Waals surface area contributed by atoms with E-state index in [2.05, 4.69) is 31.5 Å². The van der Waals surface area contributed by atoms with Crippen LogP contribution in [0.4, 0.5) is 5.69 Å². The first-order chi connectivity index (χ1) is 10.7. The van der Waals surface area contributed by atoms with E-state index < -0.39 is 5.97 Å². The van der Waals surface area contributed by atoms with E-state index in [1.165, 1.54) is 7.11 Å². The van der Waals surface area contributed by atoms with Gasteiger partial charge in [-0.25, -0.2) is 10.2 Å². The van der Waals surface area contributed by atoms with Gasteiger partial charge in [-0.15, -0.1) is 0 Å². The molecule has 0 saturated heterocycles. The average molecular weight is 365 g/mol. The molecule has 0 heterocycles. The van der Waals surface area contributed by atoms with Crippen molar-refractivity contribution in [1.29, 1.82) is 0 Å². The number of methoxy groups -OCH3 is 1. The van der Waals surface area contributed by atoms with Gasteiger partial charge in [-0.2, -0.15) is 0 Å². The first-order valence-electron chi connectivity index (χ1n) is 6.71. The molecule has 0 amide bonds. The molecular weight excluding hydrogens is 348 g/mol. The van der Waals surface area contributed by atoms with Crippen LogP contribution in [-0.4, -0.2) is 19.7 Å². The molecule has 0 radical (unpaired) electrons. The second-order valence-electron chi connectivity index (χ2n) is 4.46. The Hall–Kier alpha value is -2.05. The Morgan fingerprint density at radius 2 is 1.95 bits per heavy atom. The van der Waals surface area contributed by atoms with E-state index in [0.717, 1.165) is 15.7 Å². The van der Waals surface area contributed by atoms with E-state index in [9.17, 15) is 4.79 Å². The van der Waals surface area contributed by atoms with Crippen molar-refractivity contribution < 1.29 is 14.3 Å². The van der Waals surface area contributed by atoms with Crippen LogP contribution in [0.1, 0.15) is 5.56 Å². The number of ether oxygens (including phenoxy) is 2. The summed E-state index contributed by atoms with van der Waals surface area (Å²) in [6, 6.07) is 15.4. The molecule has 2 rings (SSSR count). The van der Waals surface area contributed by atoms with E-state index in [1.807, 2.05) is 48.5 Å². The fourth-order valence-electron chi connectivity index (χ4n) is 1.79. The van der Waals surface area contributed by atoms with Crippen molar-refractivity contribution in [3.05, 3.63) is 58.6 Å². The number of hydrazine groups is 1. The first kappa shape index (κ1) is 16.3. The Kier molecular flexibility index (Phi) is 6.24. The number of hydrogen-bond donors (Lipinski definition) is 2. The first-order valence-corrected chi connectivity index (χ1v) is 7.50. The Balaban J connectivity index is 1.96. The van der Waals surface area contributed by atoms with Crippen LogP contribution in [0.15, 0.2) is 53.0 Å². The molecule has 0 fully saturated rings. The summed E-state index contributed by atoms with van der Waals surface area (Å²) in [6.07, 6.45) is 0. The molecule has 0 atom stereocenters. The molecule has 2 N–H and O–H groups in total. The molecule has 0 aromatic heterocycles. The molecule has 116 valence electrons. The highest BCUT2D eigenvalue weighted by Crippen LogP contribution is 2.23. The van der Waals surface area contributed by atoms with Crippen LogP contribution in [-0.2, 0) is 16.1 Å². The van der Waals surface area contributed by atoms with Gasteiger partial charge in [0, 0.05) is 22.3 Å². The number of para-hydroxylation sites is 1. The SMILES string of the molecule is COC(=O)COc1ccc(Br)cc1CNNc1ccccc1. The summed E-state index contributed by atoms with van der Waals surface area (Å²) in [5.41, 5.74) is 8.11. The van der Waals surface area contributed by atoms with Crippen molar-refractivity contribution in [2.45, 2.75) is 6.54 Å². The smallest absolute Gasteiger partial charge is 0.343 e. The van der Waals surface area contributed by atoms with Gasteiger partial charge < -0.3 is 14.9 Å². The van der Waals surface area contributed by atoms with E-state index in [4.69, 9.17) is 4.74 Å². The van der Waals surface area contributed by atoms with Crippen LogP contribution in [0.2, 0.25) is 0 Å². The van der Waals surface area contributed by atoms with Crippen molar-refractivity contribution in [2.75, 3.05) is 19.1 Å². The summed E-state index contributed by atoms with van der Waals surface area (Å²) < 4.78 is 11.0. The molecule has 0 saturated carbocycles. The van der Waals surface area contributed by atoms with Gasteiger partial charge in [-0.3, -0.25) is 0 Å². The quantitative estimate of drug-likeness (QED) is 0.583. The third kappa shape index (κ3) is 5.05. The highest BCUT2D eigenvalue weighted by atomic mass is 79.9. The molecule has 0 aliphatic rings. The standard InChI is InChI=1S/C16H17BrN2O3/c1-21-16(20)11-22-15-8-7-13(17)9-12(15)10-18-19-14-5-3-2-4-6-14/h2-9,18-19H,10-11H2,1H3. The third-order valence-corrected chi connectivity index (χ3v) is 3.37. The maximum absolute atomic E-state index is 11.2. The van der Waals surface area contributed by atoms with Crippen LogP contribution >= 0.6 is 15.9 Å². The zero-order valence-electron chi connectivity index (χ0n) is 12.1. The Morgan fingerprint density at radius 3 is 2.68 bits per heavy atom. The van der Waals surface area contributed by atoms with Crippen LogP contribution in [0.25, 0.3) is 0 Å². The molecule has 6 heteroatoms. The lowest BCUT2D eigenvalue weighted by Gasteiger charge is -2.13. The molecule has 2 aromatic rings. The lowest BCUT2D eigenvalue weighted by atomic mass is 10.2. The minimum Gasteiger partial charge on any atom is -0.482 e. The minimum atomic E-state index is -0.413. The second-order valence-corrected chi connectivity index (χ2v) is 5.38. The van der Waals surface area contributed by atoms with Crippen LogP contribution in [0.5, 0.6) is 5.75 Å². The molecule has 0 spiro atoms. The minimum absolute atomic E-state index is 0.114. The van der Waals surface area contributed by atoms with Gasteiger partial charge in [0.15, 0.2) is 6.61 Å². The maximum atomic E-state index is 11.2. The topological polar surface area (TPSA) is 59.6 Å². The number of halogens is 1. The number of carbonyl (C=O) groups is 1. The molecule has 22 heavy (non-hydrogen) atoms. The monoisotopic (exact) mass is 364 g/mol. The number of benzene rings is 2. The Labute approximate surface area is 137 Å². The summed E-state index contributed by atoms with van der Waals surface area (Å²) in [6.45, 7) is 0.419. The predicted octanol–water partition coefficient (Wildman–Crippen LogP) is 3.12. The van der Waals surface area contributed by atoms with Crippen molar-refractivity contribution >= 4 is 27.6 Å². The van der Waals surface area contributed by atoms with Crippen molar-refractivity contribution in [1.82, 2.24) is 5.43 Å². The van der Waals surface area contributed by atoms with Crippen LogP contribution in [0.3, 0.4) is 0 Å². The second kappa shape index (κ2) is 8.41. The van der Waals surface area contributed by atoms with Gasteiger partial charge in [0.2, 0.25) is 0 Å². The summed E-state index contributed by atoms with van der Waals surface area (Å²) >= 11 is 3.43. The number of rotatable bonds is 7. The van der Waals surface area contributed by atoms with Gasteiger partial charge in [-0.1, -0.05) is 34.1 Å². The summed E-state index contributed by atoms with van der Waals surface area (Å²) in [4.78, 5) is 11.2. The highest BCUT2D eigenvalue weighted by Gasteiger charge is 2.07. The predicted molar refractivity (Wildman–Crippen MR) is 88.6 cm³/mol. The molecule has 2 aromatic carbocycles. The number of hydrogen-bond acceptors (Lipinski definition) is 5. The Morgan fingerprint density at radius 1 is 1.18 bits per heavy atom. The van der Waals surface area contributed by atoms with Gasteiger partial charge in [-0.05, 0) is 30.3 Å². The van der Waals surface area contributed by atoms with Gasteiger partial charge >= 0.3 is 5.97 Å². The van der Waals surface area contributed by atoms with Crippen LogP contribution in [0, 0.1) is 0 Å². The highest BCUT2D eigenvalue weighted by molar-refractivity contribution is 9.10. The lowest BCUT2D eigenvalue weighted by Crippen LogP contribution is -2.21. The number of anilines is 1. The number of esters is 1. The number of carbonyl (C=O) groups excluding carboxylic acids is 1. The van der Waals surface area contributed by atoms with E-state index in [-0.39, 0.29) is 6.61 Å². The molecule has 0 aliphatic carbocycles. The van der Waals surface area contributed by atoms with Crippen molar-refractivity contribution in [3.63, 3.8) is 0 Å². The molecular formula is C16H17BrN2O3. The summed E-state index contributed by atoms with van der Waals surface area (Å²) in [5.74, 6) is 0.222. The van der Waals surface area contributed by atoms with Gasteiger partial charge in [0.05, 0.1) is 7.11 Å². The molecule has 0 bridgehead atoms. The number of nitrogens with one attached hydrogen (secondary N) is 2. The molecule has 0 unspecified atom stereocenters. The zero-order chi connectivity index (χ0) is 15.8. The van der Waals surface area contributed by atoms with Gasteiger partial charge in [0.25, 0.3) is 0 Å². The van der Waals surface area contributed by atoms with E-state index in [1.54, 1.807) is 0 Å². The summed E-state index contributed by atoms with van der Waals surface area (Å²) in [7, 11) is 1.33. The van der Waals surface area contributed by atoms with E-state index >= 15 is 0 Å². The molecule has 0 aliphatic heterocycles. The average Bonchev–Trinajstić information content (AvgIpc) is 2.54. The fraction of sp³-hybridized carbons (Fsp3) is 0.188. The normalized spacial score (nSPS) is 10.1. The molecule has 5 nitrogen and oxygen atoms in total. The Bertz CT molecular complexity index is 620. The largest absolute Gasteiger partial charge is 0.482 e. The van der Waals surface area contributed by atoms with Crippen LogP contribution < -0.4 is 15.6 Å². The lowest BCUT2D eigenvalue weighted by molar-refractivity contribution is -0.142. The zero-order valence-corrected chi connectivity index (χ0v) is 13.7.